The van der Waals surface area contributed by atoms with E-state index in [4.69, 9.17) is 0 Å². The Balaban J connectivity index is -0.0000000973. The molecular weight excluding hydrogens is 310 g/mol. The van der Waals surface area contributed by atoms with Crippen LogP contribution in [0, 0.1) is 6.92 Å². The van der Waals surface area contributed by atoms with Crippen LogP contribution < -0.4 is 5.10 Å². The van der Waals surface area contributed by atoms with Gasteiger partial charge in [-0.15, -0.1) is 0 Å². The molecule has 0 aliphatic rings. The molecule has 0 amide bonds. The number of rotatable bonds is 6. The van der Waals surface area contributed by atoms with E-state index >= 15 is 0 Å². The maximum Gasteiger partial charge on any atom is 4.00 e. The standard InChI is InChI=1S/C4H5N2.3C4H10N.Ti/c1-4-2-5-6-3-4;3*1-3-5-4-2;/h2-3H,1H3;3*3-4H2,1-2H3;/q4*-1;+4. The third kappa shape index (κ3) is 42.7. The number of hydrogen-bond donors (Lipinski definition) is 0. The fraction of sp³-hybridized carbons (Fsp3) is 0.812. The second kappa shape index (κ2) is 32.7. The van der Waals surface area contributed by atoms with Gasteiger partial charge in [-0.1, -0.05) is 47.1 Å². The molecule has 0 saturated heterocycles. The van der Waals surface area contributed by atoms with Crippen LogP contribution in [0.2, 0.25) is 0 Å². The summed E-state index contributed by atoms with van der Waals surface area (Å²) in [6, 6.07) is 0. The first-order valence-electron chi connectivity index (χ1n) is 7.93. The normalized spacial score (nSPS) is 8.14. The molecule has 0 spiro atoms. The molecule has 0 aliphatic carbocycles. The molecule has 0 radical (unpaired) electrons. The quantitative estimate of drug-likeness (QED) is 0.710. The molecule has 1 heterocycles. The number of aryl methyl sites for hydroxylation is 1. The molecule has 0 fully saturated rings. The zero-order valence-corrected chi connectivity index (χ0v) is 17.2. The summed E-state index contributed by atoms with van der Waals surface area (Å²) in [5.41, 5.74) is 1.12. The van der Waals surface area contributed by atoms with Gasteiger partial charge >= 0.3 is 21.7 Å². The molecule has 128 valence electrons. The Kier molecular flexibility index (Phi) is 44.2. The van der Waals surface area contributed by atoms with E-state index in [1.165, 1.54) is 0 Å². The Morgan fingerprint density at radius 2 is 1.09 bits per heavy atom. The van der Waals surface area contributed by atoms with Gasteiger partial charge in [-0.3, -0.25) is 0 Å². The van der Waals surface area contributed by atoms with Crippen molar-refractivity contribution < 1.29 is 21.7 Å². The van der Waals surface area contributed by atoms with Gasteiger partial charge < -0.3 is 26.1 Å². The number of hydrogen-bond acceptors (Lipinski definition) is 1. The minimum Gasteiger partial charge on any atom is -0.663 e. The number of nitrogens with zero attached hydrogens (tertiary/aromatic N) is 5. The molecule has 0 saturated carbocycles. The van der Waals surface area contributed by atoms with Crippen LogP contribution in [-0.4, -0.2) is 44.4 Å². The Labute approximate surface area is 153 Å². The van der Waals surface area contributed by atoms with Crippen LogP contribution >= 0.6 is 0 Å². The van der Waals surface area contributed by atoms with Crippen molar-refractivity contribution in [3.63, 3.8) is 0 Å². The molecule has 0 aliphatic heterocycles. The van der Waals surface area contributed by atoms with Gasteiger partial charge in [-0.25, -0.2) is 0 Å². The Morgan fingerprint density at radius 3 is 1.14 bits per heavy atom. The first-order valence-corrected chi connectivity index (χ1v) is 7.93. The van der Waals surface area contributed by atoms with Crippen molar-refractivity contribution in [1.29, 1.82) is 0 Å². The van der Waals surface area contributed by atoms with Crippen molar-refractivity contribution in [1.82, 2.24) is 10.2 Å². The van der Waals surface area contributed by atoms with Gasteiger partial charge in [-0.2, -0.15) is 45.5 Å². The monoisotopic (exact) mass is 345 g/mol. The van der Waals surface area contributed by atoms with Gasteiger partial charge in [-0.05, 0) is 6.92 Å². The predicted molar refractivity (Wildman–Crippen MR) is 95.6 cm³/mol. The van der Waals surface area contributed by atoms with Crippen LogP contribution in [0.25, 0.3) is 16.0 Å². The summed E-state index contributed by atoms with van der Waals surface area (Å²) >= 11 is 0. The van der Waals surface area contributed by atoms with Crippen LogP contribution in [0.5, 0.6) is 0 Å². The summed E-state index contributed by atoms with van der Waals surface area (Å²) in [4.78, 5) is 0. The molecule has 22 heavy (non-hydrogen) atoms. The molecule has 5 nitrogen and oxygen atoms in total. The van der Waals surface area contributed by atoms with Gasteiger partial charge in [0.25, 0.3) is 0 Å². The maximum atomic E-state index is 3.97. The van der Waals surface area contributed by atoms with Crippen molar-refractivity contribution in [3.05, 3.63) is 33.9 Å². The maximum absolute atomic E-state index is 3.97. The summed E-state index contributed by atoms with van der Waals surface area (Å²) < 4.78 is 0. The van der Waals surface area contributed by atoms with Gasteiger partial charge in [0, 0.05) is 6.20 Å². The summed E-state index contributed by atoms with van der Waals surface area (Å²) in [6.45, 7) is 20.0. The average Bonchev–Trinajstić information content (AvgIpc) is 2.95. The van der Waals surface area contributed by atoms with Crippen LogP contribution in [0.4, 0.5) is 0 Å². The van der Waals surface area contributed by atoms with Crippen molar-refractivity contribution >= 4 is 0 Å². The summed E-state index contributed by atoms with van der Waals surface area (Å²) in [6.07, 6.45) is 3.44. The smallest absolute Gasteiger partial charge is 0.663 e. The van der Waals surface area contributed by atoms with Crippen LogP contribution in [0.3, 0.4) is 0 Å². The third-order valence-corrected chi connectivity index (χ3v) is 1.93. The molecule has 0 unspecified atom stereocenters. The molecule has 1 aromatic heterocycles. The van der Waals surface area contributed by atoms with Crippen molar-refractivity contribution in [2.75, 3.05) is 39.3 Å². The van der Waals surface area contributed by atoms with Crippen LogP contribution in [0.1, 0.15) is 47.1 Å². The summed E-state index contributed by atoms with van der Waals surface area (Å²) in [5.74, 6) is 0. The summed E-state index contributed by atoms with van der Waals surface area (Å²) in [7, 11) is 0. The molecule has 0 aromatic carbocycles. The van der Waals surface area contributed by atoms with Crippen LogP contribution in [-0.2, 0) is 21.7 Å². The Bertz CT molecular complexity index is 210. The van der Waals surface area contributed by atoms with E-state index in [-0.39, 0.29) is 21.7 Å². The van der Waals surface area contributed by atoms with E-state index in [1.807, 2.05) is 48.5 Å². The minimum atomic E-state index is 0. The first kappa shape index (κ1) is 29.8. The van der Waals surface area contributed by atoms with Crippen molar-refractivity contribution in [2.45, 2.75) is 48.5 Å². The van der Waals surface area contributed by atoms with E-state index in [2.05, 4.69) is 26.1 Å². The molecule has 0 N–H and O–H groups in total. The van der Waals surface area contributed by atoms with Crippen molar-refractivity contribution in [3.8, 4) is 0 Å². The molecular formula is C16H35N5Ti. The van der Waals surface area contributed by atoms with E-state index in [0.29, 0.717) is 0 Å². The topological polar surface area (TPSA) is 69.3 Å². The van der Waals surface area contributed by atoms with Gasteiger partial charge in [0.1, 0.15) is 0 Å². The largest absolute Gasteiger partial charge is 4.00 e. The van der Waals surface area contributed by atoms with E-state index in [9.17, 15) is 0 Å². The number of aromatic nitrogens is 2. The first-order chi connectivity index (χ1) is 10.1. The third-order valence-electron chi connectivity index (χ3n) is 1.93. The predicted octanol–water partition coefficient (Wildman–Crippen LogP) is 4.54. The van der Waals surface area contributed by atoms with Gasteiger partial charge in [0.05, 0.1) is 0 Å². The fourth-order valence-corrected chi connectivity index (χ4v) is 0.953. The Hall–Kier alpha value is -0.196. The second-order valence-corrected chi connectivity index (χ2v) is 3.80. The molecule has 0 bridgehead atoms. The minimum absolute atomic E-state index is 0. The molecule has 0 atom stereocenters. The molecule has 1 aromatic rings. The summed E-state index contributed by atoms with van der Waals surface area (Å²) in [5, 5.41) is 19.1. The van der Waals surface area contributed by atoms with E-state index in [1.54, 1.807) is 12.4 Å². The van der Waals surface area contributed by atoms with E-state index in [0.717, 1.165) is 44.8 Å². The van der Waals surface area contributed by atoms with E-state index < -0.39 is 0 Å². The average molecular weight is 345 g/mol. The zero-order valence-electron chi connectivity index (χ0n) is 15.6. The van der Waals surface area contributed by atoms with Crippen molar-refractivity contribution in [2.24, 2.45) is 0 Å². The van der Waals surface area contributed by atoms with Gasteiger partial charge in [0.15, 0.2) is 0 Å². The molecule has 1 rings (SSSR count). The SMILES string of the molecule is CC[N-]CC.CC[N-]CC.CC[N-]CC.Cc1cn[n-]c1.[Ti+4]. The molecule has 6 heteroatoms. The fourth-order valence-electron chi connectivity index (χ4n) is 0.953. The Morgan fingerprint density at radius 1 is 0.773 bits per heavy atom. The zero-order chi connectivity index (χ0) is 16.8. The van der Waals surface area contributed by atoms with Gasteiger partial charge in [0.2, 0.25) is 0 Å². The second-order valence-electron chi connectivity index (χ2n) is 3.80. The van der Waals surface area contributed by atoms with Crippen LogP contribution in [0.15, 0.2) is 12.4 Å².